The van der Waals surface area contributed by atoms with E-state index in [1.807, 2.05) is 11.4 Å². The molecule has 0 radical (unpaired) electrons. The maximum Gasteiger partial charge on any atom is 0.242 e. The lowest BCUT2D eigenvalue weighted by Crippen LogP contribution is -2.20. The molecule has 7 heteroatoms. The summed E-state index contributed by atoms with van der Waals surface area (Å²) in [6.07, 6.45) is 0. The Morgan fingerprint density at radius 2 is 2.05 bits per heavy atom. The van der Waals surface area contributed by atoms with E-state index in [0.29, 0.717) is 12.2 Å². The summed E-state index contributed by atoms with van der Waals surface area (Å²) in [6.45, 7) is 0.582. The zero-order valence-corrected chi connectivity index (χ0v) is 13.4. The third kappa shape index (κ3) is 3.56. The van der Waals surface area contributed by atoms with Gasteiger partial charge in [-0.15, -0.1) is 11.3 Å². The molecule has 0 spiro atoms. The van der Waals surface area contributed by atoms with Crippen molar-refractivity contribution < 1.29 is 8.42 Å². The molecule has 0 atom stereocenters. The standard InChI is InChI=1S/C12H13BrN2O2S2/c1-14-19(16,17)11-5-3-2-4-10(11)15-7-9-6-12(13)18-8-9/h2-6,8,14-15H,7H2,1H3. The lowest BCUT2D eigenvalue weighted by Gasteiger charge is -2.11. The molecule has 4 nitrogen and oxygen atoms in total. The molecule has 1 aromatic heterocycles. The first-order valence-corrected chi connectivity index (χ1v) is 8.68. The van der Waals surface area contributed by atoms with Crippen LogP contribution in [-0.2, 0) is 16.6 Å². The van der Waals surface area contributed by atoms with Crippen LogP contribution in [0.4, 0.5) is 5.69 Å². The number of sulfonamides is 1. The van der Waals surface area contributed by atoms with Crippen molar-refractivity contribution in [3.05, 3.63) is 45.1 Å². The van der Waals surface area contributed by atoms with E-state index in [1.54, 1.807) is 35.6 Å². The van der Waals surface area contributed by atoms with E-state index in [1.165, 1.54) is 7.05 Å². The molecule has 0 aliphatic rings. The average Bonchev–Trinajstić information content (AvgIpc) is 2.82. The molecular formula is C12H13BrN2O2S2. The Morgan fingerprint density at radius 3 is 2.68 bits per heavy atom. The van der Waals surface area contributed by atoms with Gasteiger partial charge in [0.25, 0.3) is 0 Å². The van der Waals surface area contributed by atoms with Gasteiger partial charge in [-0.05, 0) is 52.1 Å². The Morgan fingerprint density at radius 1 is 1.32 bits per heavy atom. The average molecular weight is 361 g/mol. The van der Waals surface area contributed by atoms with E-state index in [2.05, 4.69) is 26.0 Å². The molecule has 2 N–H and O–H groups in total. The molecule has 2 aromatic rings. The number of hydrogen-bond acceptors (Lipinski definition) is 4. The van der Waals surface area contributed by atoms with Crippen molar-refractivity contribution in [3.63, 3.8) is 0 Å². The first kappa shape index (κ1) is 14.5. The maximum absolute atomic E-state index is 11.9. The quantitative estimate of drug-likeness (QED) is 0.861. The van der Waals surface area contributed by atoms with Crippen molar-refractivity contribution in [2.75, 3.05) is 12.4 Å². The van der Waals surface area contributed by atoms with Crippen LogP contribution in [-0.4, -0.2) is 15.5 Å². The monoisotopic (exact) mass is 360 g/mol. The largest absolute Gasteiger partial charge is 0.380 e. The van der Waals surface area contributed by atoms with Gasteiger partial charge in [-0.3, -0.25) is 0 Å². The lowest BCUT2D eigenvalue weighted by molar-refractivity contribution is 0.588. The molecule has 0 saturated heterocycles. The highest BCUT2D eigenvalue weighted by atomic mass is 79.9. The minimum atomic E-state index is -3.45. The van der Waals surface area contributed by atoms with Crippen LogP contribution in [0.2, 0.25) is 0 Å². The number of nitrogens with one attached hydrogen (secondary N) is 2. The van der Waals surface area contributed by atoms with Crippen LogP contribution < -0.4 is 10.0 Å². The minimum absolute atomic E-state index is 0.256. The highest BCUT2D eigenvalue weighted by molar-refractivity contribution is 9.11. The number of thiophene rings is 1. The third-order valence-electron chi connectivity index (χ3n) is 2.55. The van der Waals surface area contributed by atoms with Crippen molar-refractivity contribution in [1.82, 2.24) is 4.72 Å². The number of anilines is 1. The zero-order chi connectivity index (χ0) is 13.9. The number of rotatable bonds is 5. The van der Waals surface area contributed by atoms with Gasteiger partial charge in [0, 0.05) is 6.54 Å². The summed E-state index contributed by atoms with van der Waals surface area (Å²) >= 11 is 5.00. The minimum Gasteiger partial charge on any atom is -0.380 e. The predicted molar refractivity (Wildman–Crippen MR) is 82.0 cm³/mol. The fourth-order valence-corrected chi connectivity index (χ4v) is 3.71. The molecule has 2 rings (SSSR count). The molecule has 19 heavy (non-hydrogen) atoms. The molecule has 0 saturated carbocycles. The zero-order valence-electron chi connectivity index (χ0n) is 10.2. The van der Waals surface area contributed by atoms with E-state index in [4.69, 9.17) is 0 Å². The van der Waals surface area contributed by atoms with Crippen LogP contribution in [0.1, 0.15) is 5.56 Å². The van der Waals surface area contributed by atoms with E-state index in [0.717, 1.165) is 9.35 Å². The van der Waals surface area contributed by atoms with E-state index < -0.39 is 10.0 Å². The van der Waals surface area contributed by atoms with Crippen LogP contribution >= 0.6 is 27.3 Å². The predicted octanol–water partition coefficient (Wildman–Crippen LogP) is 3.03. The molecular weight excluding hydrogens is 348 g/mol. The van der Waals surface area contributed by atoms with Crippen molar-refractivity contribution in [2.45, 2.75) is 11.4 Å². The summed E-state index contributed by atoms with van der Waals surface area (Å²) < 4.78 is 27.1. The number of para-hydroxylation sites is 1. The van der Waals surface area contributed by atoms with Gasteiger partial charge in [0.05, 0.1) is 9.47 Å². The fourth-order valence-electron chi connectivity index (χ4n) is 1.59. The van der Waals surface area contributed by atoms with Crippen LogP contribution in [0.25, 0.3) is 0 Å². The van der Waals surface area contributed by atoms with E-state index in [-0.39, 0.29) is 4.90 Å². The summed E-state index contributed by atoms with van der Waals surface area (Å²) in [5, 5.41) is 5.17. The van der Waals surface area contributed by atoms with Crippen LogP contribution in [0.3, 0.4) is 0 Å². The Kier molecular flexibility index (Phi) is 4.62. The topological polar surface area (TPSA) is 58.2 Å². The highest BCUT2D eigenvalue weighted by Crippen LogP contribution is 2.24. The third-order valence-corrected chi connectivity index (χ3v) is 5.58. The fraction of sp³-hybridized carbons (Fsp3) is 0.167. The van der Waals surface area contributed by atoms with Gasteiger partial charge in [-0.25, -0.2) is 13.1 Å². The molecule has 1 aromatic carbocycles. The van der Waals surface area contributed by atoms with Gasteiger partial charge in [0.2, 0.25) is 10.0 Å². The number of benzene rings is 1. The first-order valence-electron chi connectivity index (χ1n) is 5.52. The van der Waals surface area contributed by atoms with Crippen LogP contribution in [0, 0.1) is 0 Å². The molecule has 0 aliphatic heterocycles. The molecule has 0 unspecified atom stereocenters. The molecule has 102 valence electrons. The van der Waals surface area contributed by atoms with Crippen LogP contribution in [0.5, 0.6) is 0 Å². The van der Waals surface area contributed by atoms with Crippen molar-refractivity contribution >= 4 is 43.0 Å². The van der Waals surface area contributed by atoms with Crippen molar-refractivity contribution in [3.8, 4) is 0 Å². The van der Waals surface area contributed by atoms with Gasteiger partial charge < -0.3 is 5.32 Å². The maximum atomic E-state index is 11.9. The highest BCUT2D eigenvalue weighted by Gasteiger charge is 2.15. The van der Waals surface area contributed by atoms with Crippen molar-refractivity contribution in [2.24, 2.45) is 0 Å². The second-order valence-electron chi connectivity index (χ2n) is 3.82. The smallest absolute Gasteiger partial charge is 0.242 e. The summed E-state index contributed by atoms with van der Waals surface area (Å²) in [6, 6.07) is 8.85. The van der Waals surface area contributed by atoms with Gasteiger partial charge in [-0.2, -0.15) is 0 Å². The van der Waals surface area contributed by atoms with Gasteiger partial charge in [-0.1, -0.05) is 12.1 Å². The number of halogens is 1. The summed E-state index contributed by atoms with van der Waals surface area (Å²) in [4.78, 5) is 0.256. The van der Waals surface area contributed by atoms with Gasteiger partial charge in [0.15, 0.2) is 0 Å². The Hall–Kier alpha value is -0.890. The van der Waals surface area contributed by atoms with Crippen molar-refractivity contribution in [1.29, 1.82) is 0 Å². The molecule has 0 amide bonds. The Labute approximate surface area is 125 Å². The second-order valence-corrected chi connectivity index (χ2v) is 7.96. The molecule has 1 heterocycles. The molecule has 0 bridgehead atoms. The van der Waals surface area contributed by atoms with Gasteiger partial charge in [0.1, 0.15) is 4.90 Å². The van der Waals surface area contributed by atoms with E-state index >= 15 is 0 Å². The number of hydrogen-bond donors (Lipinski definition) is 2. The second kappa shape index (κ2) is 6.04. The Balaban J connectivity index is 2.21. The summed E-state index contributed by atoms with van der Waals surface area (Å²) in [7, 11) is -2.04. The summed E-state index contributed by atoms with van der Waals surface area (Å²) in [5.41, 5.74) is 1.70. The molecule has 0 aliphatic carbocycles. The molecule has 0 fully saturated rings. The Bertz CT molecular complexity index is 668. The lowest BCUT2D eigenvalue weighted by atomic mass is 10.3. The SMILES string of the molecule is CNS(=O)(=O)c1ccccc1NCc1csc(Br)c1. The summed E-state index contributed by atoms with van der Waals surface area (Å²) in [5.74, 6) is 0. The first-order chi connectivity index (χ1) is 9.03. The van der Waals surface area contributed by atoms with Crippen LogP contribution in [0.15, 0.2) is 44.4 Å². The van der Waals surface area contributed by atoms with E-state index in [9.17, 15) is 8.42 Å². The normalized spacial score (nSPS) is 11.5. The van der Waals surface area contributed by atoms with Gasteiger partial charge >= 0.3 is 0 Å².